The van der Waals surface area contributed by atoms with E-state index in [0.717, 1.165) is 0 Å². The van der Waals surface area contributed by atoms with E-state index in [4.69, 9.17) is 10.6 Å². The van der Waals surface area contributed by atoms with Crippen LogP contribution in [0.3, 0.4) is 0 Å². The van der Waals surface area contributed by atoms with Crippen molar-refractivity contribution in [2.45, 2.75) is 82.8 Å². The molecule has 3 heteroatoms. The average molecular weight is 280 g/mol. The van der Waals surface area contributed by atoms with Crippen LogP contribution in [0.1, 0.15) is 70.6 Å². The molecule has 0 aliphatic heterocycles. The molecule has 2 rings (SSSR count). The second kappa shape index (κ2) is 8.81. The molecule has 0 radical (unpaired) electrons. The van der Waals surface area contributed by atoms with E-state index in [9.17, 15) is 0 Å². The number of ether oxygens (including phenoxy) is 1. The van der Waals surface area contributed by atoms with E-state index in [1.54, 1.807) is 0 Å². The van der Waals surface area contributed by atoms with Crippen molar-refractivity contribution in [2.24, 2.45) is 11.8 Å². The number of allylic oxidation sites excluding steroid dienone is 1. The molecule has 0 aromatic carbocycles. The molecule has 0 saturated heterocycles. The molecule has 0 amide bonds. The molecule has 1 fully saturated rings. The van der Waals surface area contributed by atoms with Gasteiger partial charge in [-0.3, -0.25) is 11.3 Å². The van der Waals surface area contributed by atoms with E-state index in [1.165, 1.54) is 76.2 Å². The van der Waals surface area contributed by atoms with Crippen LogP contribution in [0.2, 0.25) is 0 Å². The standard InChI is InChI=1S/C17H32N2O/c1-20-17(15-12-8-5-9-13-15)16(19-18)14-10-6-3-2-4-7-11-14/h10,15-17,19H,2-9,11-13,18H2,1H3. The lowest BCUT2D eigenvalue weighted by Gasteiger charge is -2.36. The van der Waals surface area contributed by atoms with E-state index in [-0.39, 0.29) is 12.1 Å². The van der Waals surface area contributed by atoms with Crippen LogP contribution in [0, 0.1) is 5.92 Å². The number of methoxy groups -OCH3 is 1. The SMILES string of the molecule is COC(C1CCCCC1)C(NN)C1=CCCCCCC1. The summed E-state index contributed by atoms with van der Waals surface area (Å²) in [6.07, 6.45) is 17.1. The van der Waals surface area contributed by atoms with E-state index >= 15 is 0 Å². The lowest BCUT2D eigenvalue weighted by molar-refractivity contribution is 0.0161. The first-order valence-electron chi connectivity index (χ1n) is 8.54. The van der Waals surface area contributed by atoms with Gasteiger partial charge in [0.25, 0.3) is 0 Å². The summed E-state index contributed by atoms with van der Waals surface area (Å²) >= 11 is 0. The van der Waals surface area contributed by atoms with Crippen LogP contribution in [0.4, 0.5) is 0 Å². The highest BCUT2D eigenvalue weighted by Crippen LogP contribution is 2.32. The van der Waals surface area contributed by atoms with Crippen LogP contribution in [0.15, 0.2) is 11.6 Å². The molecule has 0 bridgehead atoms. The quantitative estimate of drug-likeness (QED) is 0.458. The van der Waals surface area contributed by atoms with Crippen molar-refractivity contribution in [3.63, 3.8) is 0 Å². The number of hydrogen-bond acceptors (Lipinski definition) is 3. The van der Waals surface area contributed by atoms with Crippen LogP contribution in [-0.2, 0) is 4.74 Å². The minimum absolute atomic E-state index is 0.209. The lowest BCUT2D eigenvalue weighted by atomic mass is 9.79. The first kappa shape index (κ1) is 16.0. The molecule has 2 aliphatic rings. The number of hydrogen-bond donors (Lipinski definition) is 2. The maximum atomic E-state index is 5.91. The molecular formula is C17H32N2O. The Bertz CT molecular complexity index is 297. The van der Waals surface area contributed by atoms with Crippen molar-refractivity contribution in [2.75, 3.05) is 7.11 Å². The largest absolute Gasteiger partial charge is 0.379 e. The Kier molecular flexibility index (Phi) is 7.05. The molecule has 0 aromatic heterocycles. The maximum Gasteiger partial charge on any atom is 0.0803 e. The summed E-state index contributed by atoms with van der Waals surface area (Å²) in [4.78, 5) is 0. The summed E-state index contributed by atoms with van der Waals surface area (Å²) in [6.45, 7) is 0. The molecule has 3 N–H and O–H groups in total. The average Bonchev–Trinajstić information content (AvgIpc) is 2.46. The minimum Gasteiger partial charge on any atom is -0.379 e. The van der Waals surface area contributed by atoms with E-state index < -0.39 is 0 Å². The van der Waals surface area contributed by atoms with Crippen LogP contribution < -0.4 is 11.3 Å². The Morgan fingerprint density at radius 1 is 1.10 bits per heavy atom. The Hall–Kier alpha value is -0.380. The van der Waals surface area contributed by atoms with Gasteiger partial charge in [-0.25, -0.2) is 0 Å². The summed E-state index contributed by atoms with van der Waals surface area (Å²) in [6, 6.07) is 0.209. The Morgan fingerprint density at radius 3 is 2.50 bits per heavy atom. The summed E-state index contributed by atoms with van der Waals surface area (Å²) in [5.41, 5.74) is 4.57. The Labute approximate surface area is 124 Å². The van der Waals surface area contributed by atoms with Crippen molar-refractivity contribution < 1.29 is 4.74 Å². The van der Waals surface area contributed by atoms with Crippen molar-refractivity contribution in [1.82, 2.24) is 5.43 Å². The number of rotatable bonds is 5. The molecule has 3 nitrogen and oxygen atoms in total. The topological polar surface area (TPSA) is 47.3 Å². The molecule has 2 unspecified atom stereocenters. The smallest absolute Gasteiger partial charge is 0.0803 e. The highest BCUT2D eigenvalue weighted by molar-refractivity contribution is 5.14. The van der Waals surface area contributed by atoms with Gasteiger partial charge in [0.1, 0.15) is 0 Å². The first-order chi connectivity index (χ1) is 9.86. The minimum atomic E-state index is 0.209. The van der Waals surface area contributed by atoms with Gasteiger partial charge >= 0.3 is 0 Å². The number of nitrogens with two attached hydrogens (primary N) is 1. The zero-order valence-corrected chi connectivity index (χ0v) is 13.1. The van der Waals surface area contributed by atoms with Crippen molar-refractivity contribution in [3.8, 4) is 0 Å². The monoisotopic (exact) mass is 280 g/mol. The van der Waals surface area contributed by atoms with Crippen molar-refractivity contribution >= 4 is 0 Å². The molecular weight excluding hydrogens is 248 g/mol. The second-order valence-corrected chi connectivity index (χ2v) is 6.47. The van der Waals surface area contributed by atoms with Gasteiger partial charge < -0.3 is 4.74 Å². The van der Waals surface area contributed by atoms with Gasteiger partial charge in [0.05, 0.1) is 12.1 Å². The predicted octanol–water partition coefficient (Wildman–Crippen LogP) is 3.69. The fraction of sp³-hybridized carbons (Fsp3) is 0.882. The van der Waals surface area contributed by atoms with Crippen LogP contribution in [0.5, 0.6) is 0 Å². The van der Waals surface area contributed by atoms with Gasteiger partial charge in [-0.2, -0.15) is 0 Å². The van der Waals surface area contributed by atoms with E-state index in [0.29, 0.717) is 5.92 Å². The van der Waals surface area contributed by atoms with Crippen LogP contribution in [0.25, 0.3) is 0 Å². The van der Waals surface area contributed by atoms with Gasteiger partial charge in [0, 0.05) is 7.11 Å². The van der Waals surface area contributed by atoms with Gasteiger partial charge in [-0.05, 0) is 44.4 Å². The van der Waals surface area contributed by atoms with Crippen LogP contribution in [-0.4, -0.2) is 19.3 Å². The lowest BCUT2D eigenvalue weighted by Crippen LogP contribution is -2.49. The molecule has 0 heterocycles. The maximum absolute atomic E-state index is 5.91. The van der Waals surface area contributed by atoms with E-state index in [2.05, 4.69) is 11.5 Å². The summed E-state index contributed by atoms with van der Waals surface area (Å²) in [5, 5.41) is 0. The fourth-order valence-electron chi connectivity index (χ4n) is 3.98. The number of nitrogens with one attached hydrogen (secondary N) is 1. The number of hydrazine groups is 1. The third-order valence-electron chi connectivity index (χ3n) is 5.12. The highest BCUT2D eigenvalue weighted by atomic mass is 16.5. The van der Waals surface area contributed by atoms with Gasteiger partial charge in [-0.1, -0.05) is 43.8 Å². The zero-order chi connectivity index (χ0) is 14.2. The normalized spacial score (nSPS) is 25.4. The van der Waals surface area contributed by atoms with E-state index in [1.807, 2.05) is 7.11 Å². The molecule has 2 atom stereocenters. The molecule has 2 aliphatic carbocycles. The molecule has 20 heavy (non-hydrogen) atoms. The predicted molar refractivity (Wildman–Crippen MR) is 84.3 cm³/mol. The second-order valence-electron chi connectivity index (χ2n) is 6.47. The summed E-state index contributed by atoms with van der Waals surface area (Å²) in [7, 11) is 1.85. The fourth-order valence-corrected chi connectivity index (χ4v) is 3.98. The molecule has 116 valence electrons. The zero-order valence-electron chi connectivity index (χ0n) is 13.1. The summed E-state index contributed by atoms with van der Waals surface area (Å²) < 4.78 is 5.88. The van der Waals surface area contributed by atoms with Gasteiger partial charge in [0.2, 0.25) is 0 Å². The van der Waals surface area contributed by atoms with Gasteiger partial charge in [-0.15, -0.1) is 0 Å². The van der Waals surface area contributed by atoms with Gasteiger partial charge in [0.15, 0.2) is 0 Å². The third-order valence-corrected chi connectivity index (χ3v) is 5.12. The highest BCUT2D eigenvalue weighted by Gasteiger charge is 2.32. The summed E-state index contributed by atoms with van der Waals surface area (Å²) in [5.74, 6) is 6.57. The first-order valence-corrected chi connectivity index (χ1v) is 8.54. The molecule has 0 aromatic rings. The molecule has 1 saturated carbocycles. The van der Waals surface area contributed by atoms with Crippen LogP contribution >= 0.6 is 0 Å². The Morgan fingerprint density at radius 2 is 1.80 bits per heavy atom. The van der Waals surface area contributed by atoms with Crippen molar-refractivity contribution in [1.29, 1.82) is 0 Å². The van der Waals surface area contributed by atoms with Crippen molar-refractivity contribution in [3.05, 3.63) is 11.6 Å². The molecule has 0 spiro atoms. The Balaban J connectivity index is 2.06. The third kappa shape index (κ3) is 4.31.